The van der Waals surface area contributed by atoms with E-state index in [9.17, 15) is 4.79 Å². The van der Waals surface area contributed by atoms with Gasteiger partial charge in [0.2, 0.25) is 0 Å². The second-order valence-corrected chi connectivity index (χ2v) is 8.57. The Morgan fingerprint density at radius 2 is 0.862 bits per heavy atom. The van der Waals surface area contributed by atoms with Crippen LogP contribution >= 0.6 is 0 Å². The second kappa shape index (κ2) is 25.3. The van der Waals surface area contributed by atoms with Gasteiger partial charge in [0.1, 0.15) is 0 Å². The van der Waals surface area contributed by atoms with Gasteiger partial charge in [0.15, 0.2) is 0 Å². The molecule has 0 aromatic rings. The summed E-state index contributed by atoms with van der Waals surface area (Å²) in [5.74, 6) is 0. The molecule has 29 heavy (non-hydrogen) atoms. The van der Waals surface area contributed by atoms with Gasteiger partial charge in [-0.05, 0) is 12.8 Å². The number of unbranched alkanes of at least 4 members (excludes halogenated alkanes) is 18. The number of amides is 1. The van der Waals surface area contributed by atoms with Crippen molar-refractivity contribution in [3.63, 3.8) is 0 Å². The van der Waals surface area contributed by atoms with Crippen LogP contribution in [0.4, 0.5) is 4.79 Å². The zero-order valence-electron chi connectivity index (χ0n) is 19.9. The predicted octanol–water partition coefficient (Wildman–Crippen LogP) is 8.06. The first-order valence-electron chi connectivity index (χ1n) is 13.0. The van der Waals surface area contributed by atoms with Gasteiger partial charge >= 0.3 is 6.09 Å². The average molecular weight is 413 g/mol. The third kappa shape index (κ3) is 25.2. The zero-order chi connectivity index (χ0) is 21.3. The smallest absolute Gasteiger partial charge is 0.354 e. The van der Waals surface area contributed by atoms with Gasteiger partial charge in [0.05, 0.1) is 0 Å². The molecule has 4 heteroatoms. The number of nitrogens with one attached hydrogen (secondary N) is 2. The summed E-state index contributed by atoms with van der Waals surface area (Å²) in [6.45, 7) is 6.00. The SMILES string of the molecule is CCCCCCCCCCCCNOC(=O)NCCCCCCCCCCCC. The molecule has 0 radical (unpaired) electrons. The van der Waals surface area contributed by atoms with Crippen LogP contribution in [0.2, 0.25) is 0 Å². The van der Waals surface area contributed by atoms with Gasteiger partial charge in [-0.15, -0.1) is 0 Å². The number of hydrogen-bond donors (Lipinski definition) is 2. The molecule has 0 aliphatic carbocycles. The van der Waals surface area contributed by atoms with E-state index in [1.54, 1.807) is 0 Å². The molecule has 0 aromatic heterocycles. The van der Waals surface area contributed by atoms with Gasteiger partial charge in [-0.1, -0.05) is 129 Å². The van der Waals surface area contributed by atoms with Crippen LogP contribution in [0.15, 0.2) is 0 Å². The zero-order valence-corrected chi connectivity index (χ0v) is 19.9. The molecule has 1 amide bonds. The molecule has 0 aliphatic rings. The van der Waals surface area contributed by atoms with E-state index in [1.165, 1.54) is 116 Å². The third-order valence-corrected chi connectivity index (χ3v) is 5.60. The highest BCUT2D eigenvalue weighted by Crippen LogP contribution is 2.11. The molecular weight excluding hydrogens is 360 g/mol. The fourth-order valence-corrected chi connectivity index (χ4v) is 3.64. The maximum Gasteiger partial charge on any atom is 0.426 e. The summed E-state index contributed by atoms with van der Waals surface area (Å²) in [5, 5.41) is 2.82. The number of hydrogen-bond acceptors (Lipinski definition) is 3. The molecule has 0 aliphatic heterocycles. The summed E-state index contributed by atoms with van der Waals surface area (Å²) in [7, 11) is 0. The first-order chi connectivity index (χ1) is 14.3. The van der Waals surface area contributed by atoms with Crippen molar-refractivity contribution in [2.75, 3.05) is 13.1 Å². The molecule has 0 saturated carbocycles. The maximum absolute atomic E-state index is 11.6. The molecule has 0 aromatic carbocycles. The normalized spacial score (nSPS) is 11.0. The van der Waals surface area contributed by atoms with Gasteiger partial charge < -0.3 is 10.2 Å². The lowest BCUT2D eigenvalue weighted by atomic mass is 10.1. The fourth-order valence-electron chi connectivity index (χ4n) is 3.64. The second-order valence-electron chi connectivity index (χ2n) is 8.57. The standard InChI is InChI=1S/C25H52N2O2/c1-3-5-7-9-11-13-15-17-19-21-23-26-25(28)29-27-24-22-20-18-16-14-12-10-8-6-4-2/h27H,3-24H2,1-2H3,(H,26,28). The van der Waals surface area contributed by atoms with Gasteiger partial charge in [0.25, 0.3) is 0 Å². The first kappa shape index (κ1) is 28.2. The van der Waals surface area contributed by atoms with Crippen LogP contribution in [-0.4, -0.2) is 19.2 Å². The van der Waals surface area contributed by atoms with Gasteiger partial charge in [0, 0.05) is 13.1 Å². The van der Waals surface area contributed by atoms with E-state index in [2.05, 4.69) is 24.6 Å². The van der Waals surface area contributed by atoms with Crippen molar-refractivity contribution in [2.45, 2.75) is 142 Å². The van der Waals surface area contributed by atoms with E-state index in [-0.39, 0.29) is 6.09 Å². The minimum absolute atomic E-state index is 0.340. The van der Waals surface area contributed by atoms with Crippen LogP contribution in [0.3, 0.4) is 0 Å². The Morgan fingerprint density at radius 3 is 1.28 bits per heavy atom. The number of hydroxylamine groups is 1. The summed E-state index contributed by atoms with van der Waals surface area (Å²) >= 11 is 0. The third-order valence-electron chi connectivity index (χ3n) is 5.60. The minimum Gasteiger partial charge on any atom is -0.354 e. The van der Waals surface area contributed by atoms with E-state index in [4.69, 9.17) is 4.84 Å². The maximum atomic E-state index is 11.6. The quantitative estimate of drug-likeness (QED) is 0.132. The van der Waals surface area contributed by atoms with Crippen molar-refractivity contribution in [1.82, 2.24) is 10.8 Å². The van der Waals surface area contributed by atoms with E-state index >= 15 is 0 Å². The number of carbonyl (C=O) groups is 1. The van der Waals surface area contributed by atoms with Crippen LogP contribution in [0, 0.1) is 0 Å². The minimum atomic E-state index is -0.340. The monoisotopic (exact) mass is 412 g/mol. The van der Waals surface area contributed by atoms with Crippen LogP contribution in [0.5, 0.6) is 0 Å². The summed E-state index contributed by atoms with van der Waals surface area (Å²) in [5.41, 5.74) is 2.79. The lowest BCUT2D eigenvalue weighted by molar-refractivity contribution is 0.0888. The van der Waals surface area contributed by atoms with E-state index in [0.29, 0.717) is 0 Å². The molecule has 0 spiro atoms. The molecule has 2 N–H and O–H groups in total. The van der Waals surface area contributed by atoms with Gasteiger partial charge in [-0.2, -0.15) is 5.48 Å². The van der Waals surface area contributed by atoms with E-state index in [1.807, 2.05) is 0 Å². The summed E-state index contributed by atoms with van der Waals surface area (Å²) in [6, 6.07) is 0. The number of rotatable bonds is 23. The summed E-state index contributed by atoms with van der Waals surface area (Å²) in [4.78, 5) is 16.6. The highest BCUT2D eigenvalue weighted by Gasteiger charge is 2.01. The largest absolute Gasteiger partial charge is 0.426 e. The molecular formula is C25H52N2O2. The highest BCUT2D eigenvalue weighted by molar-refractivity contribution is 5.66. The van der Waals surface area contributed by atoms with Crippen LogP contribution in [0.1, 0.15) is 142 Å². The van der Waals surface area contributed by atoms with Crippen molar-refractivity contribution in [2.24, 2.45) is 0 Å². The summed E-state index contributed by atoms with van der Waals surface area (Å²) < 4.78 is 0. The Bertz CT molecular complexity index is 324. The van der Waals surface area contributed by atoms with Crippen LogP contribution in [-0.2, 0) is 4.84 Å². The van der Waals surface area contributed by atoms with Crippen molar-refractivity contribution >= 4 is 6.09 Å². The molecule has 0 unspecified atom stereocenters. The highest BCUT2D eigenvalue weighted by atomic mass is 16.7. The van der Waals surface area contributed by atoms with E-state index in [0.717, 1.165) is 25.9 Å². The van der Waals surface area contributed by atoms with Crippen LogP contribution < -0.4 is 10.8 Å². The molecule has 0 heterocycles. The van der Waals surface area contributed by atoms with Gasteiger partial charge in [-0.3, -0.25) is 0 Å². The fraction of sp³-hybridized carbons (Fsp3) is 0.960. The Balaban J connectivity index is 3.13. The average Bonchev–Trinajstić information content (AvgIpc) is 2.72. The molecule has 0 saturated heterocycles. The van der Waals surface area contributed by atoms with Crippen molar-refractivity contribution in [1.29, 1.82) is 0 Å². The first-order valence-corrected chi connectivity index (χ1v) is 13.0. The topological polar surface area (TPSA) is 50.4 Å². The molecule has 0 atom stereocenters. The molecule has 0 bridgehead atoms. The van der Waals surface area contributed by atoms with E-state index < -0.39 is 0 Å². The Kier molecular flexibility index (Phi) is 24.6. The van der Waals surface area contributed by atoms with Crippen molar-refractivity contribution in [3.8, 4) is 0 Å². The molecule has 4 nitrogen and oxygen atoms in total. The summed E-state index contributed by atoms with van der Waals surface area (Å²) in [6.07, 6.45) is 26.0. The molecule has 0 rings (SSSR count). The van der Waals surface area contributed by atoms with Crippen molar-refractivity contribution in [3.05, 3.63) is 0 Å². The van der Waals surface area contributed by atoms with Gasteiger partial charge in [-0.25, -0.2) is 4.79 Å². The molecule has 0 fully saturated rings. The van der Waals surface area contributed by atoms with Crippen molar-refractivity contribution < 1.29 is 9.63 Å². The lowest BCUT2D eigenvalue weighted by Gasteiger charge is -2.07. The predicted molar refractivity (Wildman–Crippen MR) is 126 cm³/mol. The Hall–Kier alpha value is -0.770. The molecule has 174 valence electrons. The lowest BCUT2D eigenvalue weighted by Crippen LogP contribution is -2.31. The Morgan fingerprint density at radius 1 is 0.517 bits per heavy atom. The number of carbonyl (C=O) groups excluding carboxylic acids is 1. The van der Waals surface area contributed by atoms with Crippen LogP contribution in [0.25, 0.3) is 0 Å². The Labute approximate surface area is 182 Å².